The Balaban J connectivity index is 1.51. The summed E-state index contributed by atoms with van der Waals surface area (Å²) in [6.45, 7) is 11.1. The van der Waals surface area contributed by atoms with E-state index in [1.54, 1.807) is 0 Å². The number of piperidine rings is 1. The molecule has 0 amide bonds. The van der Waals surface area contributed by atoms with E-state index in [1.165, 1.54) is 11.1 Å². The molecule has 0 spiro atoms. The Kier molecular flexibility index (Phi) is 4.22. The molecule has 1 aliphatic heterocycles. The summed E-state index contributed by atoms with van der Waals surface area (Å²) in [6.07, 6.45) is 2.12. The Hall–Kier alpha value is -2.40. The van der Waals surface area contributed by atoms with Crippen molar-refractivity contribution < 1.29 is 0 Å². The number of hydrogen-bond acceptors (Lipinski definition) is 4. The van der Waals surface area contributed by atoms with E-state index in [9.17, 15) is 0 Å². The fourth-order valence-electron chi connectivity index (χ4n) is 4.63. The largest absolute Gasteiger partial charge is 0.366 e. The molecule has 3 heterocycles. The van der Waals surface area contributed by atoms with Gasteiger partial charge in [0.05, 0.1) is 5.69 Å². The van der Waals surface area contributed by atoms with E-state index in [4.69, 9.17) is 0 Å². The van der Waals surface area contributed by atoms with Crippen LogP contribution in [-0.4, -0.2) is 32.3 Å². The van der Waals surface area contributed by atoms with Crippen LogP contribution in [0.2, 0.25) is 0 Å². The van der Waals surface area contributed by atoms with Gasteiger partial charge in [0.1, 0.15) is 5.82 Å². The first kappa shape index (κ1) is 18.0. The lowest BCUT2D eigenvalue weighted by Crippen LogP contribution is -2.60. The monoisotopic (exact) mass is 363 g/mol. The molecule has 3 aromatic rings. The summed E-state index contributed by atoms with van der Waals surface area (Å²) in [4.78, 5) is 3.38. The second kappa shape index (κ2) is 6.34. The van der Waals surface area contributed by atoms with Gasteiger partial charge in [-0.05, 0) is 77.1 Å². The Bertz CT molecular complexity index is 936. The summed E-state index contributed by atoms with van der Waals surface area (Å²) in [7, 11) is 0. The lowest BCUT2D eigenvalue weighted by molar-refractivity contribution is 0.170. The summed E-state index contributed by atoms with van der Waals surface area (Å²) >= 11 is 0. The maximum absolute atomic E-state index is 4.46. The molecule has 0 atom stereocenters. The molecule has 0 saturated carbocycles. The fraction of sp³-hybridized carbons (Fsp3) is 0.455. The maximum Gasteiger partial charge on any atom is 0.148 e. The lowest BCUT2D eigenvalue weighted by Gasteiger charge is -2.46. The number of nitrogens with zero attached hydrogens (tertiary/aromatic N) is 2. The highest BCUT2D eigenvalue weighted by Crippen LogP contribution is 2.30. The standard InChI is InChI=1S/C22H29N5/c1-14-10-15-6-7-16(11-19(15)23-14)18-8-9-20(26-25-18)24-17-12-21(2,3)27-22(4,5)13-17/h6-11,17,23,27H,12-13H2,1-5H3,(H,24,26). The van der Waals surface area contributed by atoms with E-state index in [-0.39, 0.29) is 11.1 Å². The molecule has 1 fully saturated rings. The number of nitrogens with one attached hydrogen (secondary N) is 3. The molecule has 3 N–H and O–H groups in total. The van der Waals surface area contributed by atoms with Crippen LogP contribution in [0.1, 0.15) is 46.2 Å². The predicted octanol–water partition coefficient (Wildman–Crippen LogP) is 4.65. The predicted molar refractivity (Wildman–Crippen MR) is 112 cm³/mol. The van der Waals surface area contributed by atoms with Crippen LogP contribution in [-0.2, 0) is 0 Å². The van der Waals surface area contributed by atoms with Crippen molar-refractivity contribution in [3.05, 3.63) is 42.1 Å². The van der Waals surface area contributed by atoms with Crippen LogP contribution in [0, 0.1) is 6.92 Å². The van der Waals surface area contributed by atoms with Crippen molar-refractivity contribution >= 4 is 16.7 Å². The Morgan fingerprint density at radius 3 is 2.37 bits per heavy atom. The number of aromatic nitrogens is 3. The molecule has 5 nitrogen and oxygen atoms in total. The van der Waals surface area contributed by atoms with Gasteiger partial charge in [-0.2, -0.15) is 0 Å². The number of H-pyrrole nitrogens is 1. The average Bonchev–Trinajstić information content (AvgIpc) is 2.91. The van der Waals surface area contributed by atoms with Crippen molar-refractivity contribution in [3.63, 3.8) is 0 Å². The first-order valence-corrected chi connectivity index (χ1v) is 9.69. The molecule has 142 valence electrons. The number of aryl methyl sites for hydroxylation is 1. The van der Waals surface area contributed by atoms with Gasteiger partial charge in [-0.25, -0.2) is 0 Å². The summed E-state index contributed by atoms with van der Waals surface area (Å²) in [5.74, 6) is 0.842. The van der Waals surface area contributed by atoms with Gasteiger partial charge in [-0.1, -0.05) is 12.1 Å². The average molecular weight is 364 g/mol. The molecular formula is C22H29N5. The van der Waals surface area contributed by atoms with E-state index in [0.29, 0.717) is 6.04 Å². The van der Waals surface area contributed by atoms with Crippen molar-refractivity contribution in [2.24, 2.45) is 0 Å². The molecule has 1 saturated heterocycles. The van der Waals surface area contributed by atoms with Gasteiger partial charge in [0.15, 0.2) is 0 Å². The van der Waals surface area contributed by atoms with Gasteiger partial charge >= 0.3 is 0 Å². The highest BCUT2D eigenvalue weighted by atomic mass is 15.2. The highest BCUT2D eigenvalue weighted by molar-refractivity contribution is 5.85. The minimum absolute atomic E-state index is 0.108. The normalized spacial score (nSPS) is 19.3. The van der Waals surface area contributed by atoms with E-state index in [0.717, 1.165) is 35.4 Å². The smallest absolute Gasteiger partial charge is 0.148 e. The third-order valence-corrected chi connectivity index (χ3v) is 5.26. The zero-order chi connectivity index (χ0) is 19.2. The number of benzene rings is 1. The van der Waals surface area contributed by atoms with Crippen LogP contribution in [0.3, 0.4) is 0 Å². The molecule has 27 heavy (non-hydrogen) atoms. The molecule has 1 aromatic carbocycles. The third-order valence-electron chi connectivity index (χ3n) is 5.26. The van der Waals surface area contributed by atoms with Gasteiger partial charge in [0, 0.05) is 33.9 Å². The van der Waals surface area contributed by atoms with Crippen LogP contribution in [0.25, 0.3) is 22.2 Å². The molecular weight excluding hydrogens is 334 g/mol. The summed E-state index contributed by atoms with van der Waals surface area (Å²) < 4.78 is 0. The lowest BCUT2D eigenvalue weighted by atomic mass is 9.79. The Morgan fingerprint density at radius 1 is 0.963 bits per heavy atom. The second-order valence-electron chi connectivity index (χ2n) is 9.20. The molecule has 0 unspecified atom stereocenters. The summed E-state index contributed by atoms with van der Waals surface area (Å²) in [6, 6.07) is 13.0. The molecule has 1 aliphatic rings. The van der Waals surface area contributed by atoms with E-state index in [1.807, 2.05) is 12.1 Å². The first-order chi connectivity index (χ1) is 12.7. The van der Waals surface area contributed by atoms with Crippen molar-refractivity contribution in [2.75, 3.05) is 5.32 Å². The Labute approximate surface area is 161 Å². The highest BCUT2D eigenvalue weighted by Gasteiger charge is 2.37. The van der Waals surface area contributed by atoms with Crippen LogP contribution < -0.4 is 10.6 Å². The van der Waals surface area contributed by atoms with Gasteiger partial charge < -0.3 is 15.6 Å². The number of hydrogen-bond donors (Lipinski definition) is 3. The van der Waals surface area contributed by atoms with Gasteiger partial charge in [-0.15, -0.1) is 10.2 Å². The van der Waals surface area contributed by atoms with E-state index < -0.39 is 0 Å². The molecule has 2 aromatic heterocycles. The number of fused-ring (bicyclic) bond motifs is 1. The molecule has 0 aliphatic carbocycles. The van der Waals surface area contributed by atoms with Crippen molar-refractivity contribution in [3.8, 4) is 11.3 Å². The van der Waals surface area contributed by atoms with Crippen LogP contribution >= 0.6 is 0 Å². The van der Waals surface area contributed by atoms with Crippen LogP contribution in [0.15, 0.2) is 36.4 Å². The topological polar surface area (TPSA) is 65.6 Å². The van der Waals surface area contributed by atoms with E-state index >= 15 is 0 Å². The zero-order valence-electron chi connectivity index (χ0n) is 16.9. The van der Waals surface area contributed by atoms with Gasteiger partial charge in [-0.3, -0.25) is 0 Å². The number of anilines is 1. The number of rotatable bonds is 3. The summed E-state index contributed by atoms with van der Waals surface area (Å²) in [5, 5.41) is 17.4. The van der Waals surface area contributed by atoms with Gasteiger partial charge in [0.25, 0.3) is 0 Å². The van der Waals surface area contributed by atoms with Crippen LogP contribution in [0.4, 0.5) is 5.82 Å². The molecule has 5 heteroatoms. The quantitative estimate of drug-likeness (QED) is 0.633. The first-order valence-electron chi connectivity index (χ1n) is 9.69. The zero-order valence-corrected chi connectivity index (χ0v) is 16.9. The number of aromatic amines is 1. The van der Waals surface area contributed by atoms with Crippen molar-refractivity contribution in [2.45, 2.75) is 64.6 Å². The fourth-order valence-corrected chi connectivity index (χ4v) is 4.63. The minimum atomic E-state index is 0.108. The third kappa shape index (κ3) is 3.98. The Morgan fingerprint density at radius 2 is 1.70 bits per heavy atom. The van der Waals surface area contributed by atoms with Gasteiger partial charge in [0.2, 0.25) is 0 Å². The maximum atomic E-state index is 4.46. The molecule has 0 bridgehead atoms. The van der Waals surface area contributed by atoms with Crippen molar-refractivity contribution in [1.82, 2.24) is 20.5 Å². The summed E-state index contributed by atoms with van der Waals surface area (Å²) in [5.41, 5.74) is 4.48. The minimum Gasteiger partial charge on any atom is -0.366 e. The molecule has 0 radical (unpaired) electrons. The van der Waals surface area contributed by atoms with Crippen LogP contribution in [0.5, 0.6) is 0 Å². The SMILES string of the molecule is Cc1cc2ccc(-c3ccc(NC4CC(C)(C)NC(C)(C)C4)nn3)cc2[nH]1. The van der Waals surface area contributed by atoms with E-state index in [2.05, 4.69) is 84.7 Å². The second-order valence-corrected chi connectivity index (χ2v) is 9.20. The van der Waals surface area contributed by atoms with Crippen molar-refractivity contribution in [1.29, 1.82) is 0 Å². The molecule has 4 rings (SSSR count).